The molecule has 0 saturated carbocycles. The van der Waals surface area contributed by atoms with E-state index in [2.05, 4.69) is 23.5 Å². The molecule has 22 heavy (non-hydrogen) atoms. The van der Waals surface area contributed by atoms with Crippen LogP contribution >= 0.6 is 11.6 Å². The van der Waals surface area contributed by atoms with Gasteiger partial charge < -0.3 is 5.32 Å². The van der Waals surface area contributed by atoms with Gasteiger partial charge >= 0.3 is 0 Å². The average Bonchev–Trinajstić information content (AvgIpc) is 2.97. The molecular weight excluding hydrogens is 294 g/mol. The van der Waals surface area contributed by atoms with Crippen molar-refractivity contribution in [2.45, 2.75) is 38.6 Å². The number of aryl methyl sites for hydroxylation is 2. The van der Waals surface area contributed by atoms with E-state index in [-0.39, 0.29) is 11.9 Å². The van der Waals surface area contributed by atoms with Gasteiger partial charge in [0.05, 0.1) is 12.5 Å². The number of hydrogen-bond donors (Lipinski definition) is 1. The summed E-state index contributed by atoms with van der Waals surface area (Å²) >= 11 is 5.86. The van der Waals surface area contributed by atoms with Crippen LogP contribution in [0.4, 0.5) is 0 Å². The molecule has 1 aliphatic rings. The first kappa shape index (κ1) is 15.1. The summed E-state index contributed by atoms with van der Waals surface area (Å²) in [5.74, 6) is 0.0373. The van der Waals surface area contributed by atoms with Crippen molar-refractivity contribution in [3.8, 4) is 0 Å². The Labute approximate surface area is 136 Å². The van der Waals surface area contributed by atoms with Crippen LogP contribution < -0.4 is 5.32 Å². The Morgan fingerprint density at radius 3 is 2.64 bits per heavy atom. The van der Waals surface area contributed by atoms with Gasteiger partial charge in [0.2, 0.25) is 5.91 Å². The van der Waals surface area contributed by atoms with Crippen molar-refractivity contribution >= 4 is 17.5 Å². The van der Waals surface area contributed by atoms with E-state index in [0.717, 1.165) is 12.0 Å². The normalized spacial score (nSPS) is 14.5. The van der Waals surface area contributed by atoms with E-state index in [1.165, 1.54) is 29.5 Å². The van der Waals surface area contributed by atoms with Crippen molar-refractivity contribution in [1.29, 1.82) is 0 Å². The molecule has 0 unspecified atom stereocenters. The Kier molecular flexibility index (Phi) is 4.49. The Morgan fingerprint density at radius 2 is 1.86 bits per heavy atom. The third-order valence-electron chi connectivity index (χ3n) is 4.28. The van der Waals surface area contributed by atoms with Gasteiger partial charge in [-0.25, -0.2) is 0 Å². The average molecular weight is 314 g/mol. The number of nitrogens with one attached hydrogen (secondary N) is 1. The quantitative estimate of drug-likeness (QED) is 0.898. The number of hydrogen-bond acceptors (Lipinski definition) is 1. The van der Waals surface area contributed by atoms with E-state index in [4.69, 9.17) is 11.6 Å². The first-order valence-electron chi connectivity index (χ1n) is 7.77. The number of rotatable bonds is 4. The fourth-order valence-electron chi connectivity index (χ4n) is 3.02. The molecule has 114 valence electrons. The van der Waals surface area contributed by atoms with Gasteiger partial charge in [-0.05, 0) is 60.6 Å². The number of carbonyl (C=O) groups excluding carboxylic acids is 1. The largest absolute Gasteiger partial charge is 0.349 e. The van der Waals surface area contributed by atoms with Crippen molar-refractivity contribution in [1.82, 2.24) is 5.32 Å². The van der Waals surface area contributed by atoms with Gasteiger partial charge in [0.1, 0.15) is 0 Å². The van der Waals surface area contributed by atoms with Crippen LogP contribution in [0.1, 0.15) is 41.6 Å². The van der Waals surface area contributed by atoms with E-state index in [0.29, 0.717) is 11.4 Å². The van der Waals surface area contributed by atoms with Crippen LogP contribution in [-0.2, 0) is 24.1 Å². The summed E-state index contributed by atoms with van der Waals surface area (Å²) in [7, 11) is 0. The Hall–Kier alpha value is -1.80. The topological polar surface area (TPSA) is 29.1 Å². The van der Waals surface area contributed by atoms with Crippen molar-refractivity contribution < 1.29 is 4.79 Å². The molecule has 0 radical (unpaired) electrons. The van der Waals surface area contributed by atoms with Crippen LogP contribution in [0.25, 0.3) is 0 Å². The molecule has 0 aliphatic heterocycles. The van der Waals surface area contributed by atoms with E-state index in [1.54, 1.807) is 0 Å². The van der Waals surface area contributed by atoms with Gasteiger partial charge in [-0.3, -0.25) is 4.79 Å². The summed E-state index contributed by atoms with van der Waals surface area (Å²) in [5.41, 5.74) is 5.06. The lowest BCUT2D eigenvalue weighted by Gasteiger charge is -2.15. The molecule has 1 N–H and O–H groups in total. The summed E-state index contributed by atoms with van der Waals surface area (Å²) in [5, 5.41) is 3.77. The minimum Gasteiger partial charge on any atom is -0.349 e. The summed E-state index contributed by atoms with van der Waals surface area (Å²) in [6, 6.07) is 14.0. The lowest BCUT2D eigenvalue weighted by atomic mass is 10.0. The molecule has 0 fully saturated rings. The molecule has 2 aromatic rings. The van der Waals surface area contributed by atoms with Crippen molar-refractivity contribution in [2.75, 3.05) is 0 Å². The highest BCUT2D eigenvalue weighted by Crippen LogP contribution is 2.25. The van der Waals surface area contributed by atoms with Gasteiger partial charge in [0.25, 0.3) is 0 Å². The SMILES string of the molecule is C[C@@H](NC(=O)Cc1ccc(Cl)cc1)c1ccc2c(c1)CCC2. The Balaban J connectivity index is 1.62. The molecule has 2 aromatic carbocycles. The van der Waals surface area contributed by atoms with Gasteiger partial charge in [-0.15, -0.1) is 0 Å². The monoisotopic (exact) mass is 313 g/mol. The second-order valence-electron chi connectivity index (χ2n) is 5.97. The van der Waals surface area contributed by atoms with Gasteiger partial charge in [0, 0.05) is 5.02 Å². The maximum atomic E-state index is 12.2. The zero-order valence-corrected chi connectivity index (χ0v) is 13.5. The zero-order chi connectivity index (χ0) is 15.5. The summed E-state index contributed by atoms with van der Waals surface area (Å²) in [4.78, 5) is 12.2. The van der Waals surface area contributed by atoms with Gasteiger partial charge in [-0.1, -0.05) is 41.9 Å². The van der Waals surface area contributed by atoms with Crippen LogP contribution in [0, 0.1) is 0 Å². The smallest absolute Gasteiger partial charge is 0.224 e. The fraction of sp³-hybridized carbons (Fsp3) is 0.316. The maximum Gasteiger partial charge on any atom is 0.224 e. The fourth-order valence-corrected chi connectivity index (χ4v) is 3.15. The van der Waals surface area contributed by atoms with Gasteiger partial charge in [0.15, 0.2) is 0 Å². The highest BCUT2D eigenvalue weighted by molar-refractivity contribution is 6.30. The van der Waals surface area contributed by atoms with E-state index < -0.39 is 0 Å². The van der Waals surface area contributed by atoms with Crippen LogP contribution in [0.5, 0.6) is 0 Å². The second kappa shape index (κ2) is 6.53. The third-order valence-corrected chi connectivity index (χ3v) is 4.53. The van der Waals surface area contributed by atoms with Crippen molar-refractivity contribution in [3.63, 3.8) is 0 Å². The molecule has 0 aromatic heterocycles. The predicted molar refractivity (Wildman–Crippen MR) is 90.2 cm³/mol. The second-order valence-corrected chi connectivity index (χ2v) is 6.41. The molecule has 1 atom stereocenters. The molecule has 0 heterocycles. The zero-order valence-electron chi connectivity index (χ0n) is 12.7. The Bertz CT molecular complexity index is 678. The molecule has 2 nitrogen and oxygen atoms in total. The van der Waals surface area contributed by atoms with Crippen molar-refractivity contribution in [2.24, 2.45) is 0 Å². The van der Waals surface area contributed by atoms with Crippen LogP contribution in [0.2, 0.25) is 5.02 Å². The number of benzene rings is 2. The molecule has 3 heteroatoms. The lowest BCUT2D eigenvalue weighted by molar-refractivity contribution is -0.121. The maximum absolute atomic E-state index is 12.2. The molecule has 1 aliphatic carbocycles. The highest BCUT2D eigenvalue weighted by Gasteiger charge is 2.15. The van der Waals surface area contributed by atoms with Crippen LogP contribution in [-0.4, -0.2) is 5.91 Å². The molecular formula is C19H20ClNO. The molecule has 0 spiro atoms. The van der Waals surface area contributed by atoms with E-state index in [1.807, 2.05) is 31.2 Å². The number of fused-ring (bicyclic) bond motifs is 1. The minimum atomic E-state index is 0.0331. The first-order valence-corrected chi connectivity index (χ1v) is 8.15. The van der Waals surface area contributed by atoms with Gasteiger partial charge in [-0.2, -0.15) is 0 Å². The minimum absolute atomic E-state index is 0.0331. The van der Waals surface area contributed by atoms with E-state index in [9.17, 15) is 4.79 Å². The van der Waals surface area contributed by atoms with Crippen LogP contribution in [0.3, 0.4) is 0 Å². The van der Waals surface area contributed by atoms with E-state index >= 15 is 0 Å². The molecule has 0 saturated heterocycles. The summed E-state index contributed by atoms with van der Waals surface area (Å²) < 4.78 is 0. The molecule has 0 bridgehead atoms. The lowest BCUT2D eigenvalue weighted by Crippen LogP contribution is -2.28. The highest BCUT2D eigenvalue weighted by atomic mass is 35.5. The Morgan fingerprint density at radius 1 is 1.14 bits per heavy atom. The van der Waals surface area contributed by atoms with Crippen LogP contribution in [0.15, 0.2) is 42.5 Å². The third kappa shape index (κ3) is 3.50. The number of halogens is 1. The van der Waals surface area contributed by atoms with Crippen molar-refractivity contribution in [3.05, 3.63) is 69.7 Å². The standard InChI is InChI=1S/C19H20ClNO/c1-13(16-8-7-15-3-2-4-17(15)12-16)21-19(22)11-14-5-9-18(20)10-6-14/h5-10,12-13H,2-4,11H2,1H3,(H,21,22)/t13-/m1/s1. The molecule has 1 amide bonds. The summed E-state index contributed by atoms with van der Waals surface area (Å²) in [6.45, 7) is 2.04. The first-order chi connectivity index (χ1) is 10.6. The summed E-state index contributed by atoms with van der Waals surface area (Å²) in [6.07, 6.45) is 3.98. The predicted octanol–water partition coefficient (Wildman–Crippen LogP) is 4.25. The number of carbonyl (C=O) groups is 1. The number of amides is 1. The molecule has 3 rings (SSSR count).